The first kappa shape index (κ1) is 9.52. The topological polar surface area (TPSA) is 46.5 Å². The van der Waals surface area contributed by atoms with E-state index in [2.05, 4.69) is 0 Å². The molecule has 0 fully saturated rings. The molecule has 0 atom stereocenters. The summed E-state index contributed by atoms with van der Waals surface area (Å²) in [7, 11) is 0. The fourth-order valence-electron chi connectivity index (χ4n) is 1.57. The molecule has 0 amide bonds. The number of hydrogen-bond donors (Lipinski definition) is 1. The molecule has 3 nitrogen and oxygen atoms in total. The molecule has 0 aromatic heterocycles. The maximum absolute atomic E-state index is 10.5. The summed E-state index contributed by atoms with van der Waals surface area (Å²) in [5, 5.41) is 10.4. The zero-order chi connectivity index (χ0) is 10.8. The number of carbonyl (C=O) groups is 1. The third-order valence-corrected chi connectivity index (χ3v) is 2.27. The monoisotopic (exact) mass is 202 g/mol. The number of carboxylic acid groups (broad SMARTS) is 1. The second-order valence-corrected chi connectivity index (χ2v) is 3.30. The molecule has 2 aromatic carbocycles. The molecule has 3 heteroatoms. The largest absolute Gasteiger partial charge is 0.511 e. The first-order valence-electron chi connectivity index (χ1n) is 4.57. The Hall–Kier alpha value is -2.03. The van der Waals surface area contributed by atoms with Gasteiger partial charge in [0.25, 0.3) is 0 Å². The Morgan fingerprint density at radius 2 is 1.93 bits per heavy atom. The zero-order valence-corrected chi connectivity index (χ0v) is 8.23. The molecule has 76 valence electrons. The average molecular weight is 202 g/mol. The molecule has 2 aromatic rings. The van der Waals surface area contributed by atoms with Gasteiger partial charge in [0.05, 0.1) is 0 Å². The van der Waals surface area contributed by atoms with Crippen LogP contribution in [0.1, 0.15) is 5.56 Å². The van der Waals surface area contributed by atoms with Crippen LogP contribution in [0.5, 0.6) is 5.75 Å². The van der Waals surface area contributed by atoms with Crippen LogP contribution in [-0.2, 0) is 0 Å². The van der Waals surface area contributed by atoms with E-state index in [0.717, 1.165) is 16.3 Å². The summed E-state index contributed by atoms with van der Waals surface area (Å²) in [6.07, 6.45) is -1.28. The van der Waals surface area contributed by atoms with Gasteiger partial charge < -0.3 is 9.84 Å². The highest BCUT2D eigenvalue weighted by Gasteiger charge is 2.08. The van der Waals surface area contributed by atoms with Gasteiger partial charge >= 0.3 is 6.16 Å². The van der Waals surface area contributed by atoms with Crippen LogP contribution in [0.3, 0.4) is 0 Å². The fourth-order valence-corrected chi connectivity index (χ4v) is 1.57. The number of hydrogen-bond acceptors (Lipinski definition) is 2. The second kappa shape index (κ2) is 3.61. The highest BCUT2D eigenvalue weighted by molar-refractivity contribution is 5.90. The van der Waals surface area contributed by atoms with Crippen LogP contribution in [0.25, 0.3) is 10.8 Å². The summed E-state index contributed by atoms with van der Waals surface area (Å²) in [6.45, 7) is 1.82. The summed E-state index contributed by atoms with van der Waals surface area (Å²) in [6, 6.07) is 11.3. The minimum absolute atomic E-state index is 0.417. The predicted octanol–water partition coefficient (Wildman–Crippen LogP) is 3.21. The third kappa shape index (κ3) is 1.76. The van der Waals surface area contributed by atoms with Crippen LogP contribution in [0, 0.1) is 6.92 Å². The zero-order valence-electron chi connectivity index (χ0n) is 8.23. The van der Waals surface area contributed by atoms with E-state index >= 15 is 0 Å². The highest BCUT2D eigenvalue weighted by atomic mass is 16.7. The van der Waals surface area contributed by atoms with E-state index in [-0.39, 0.29) is 0 Å². The number of rotatable bonds is 1. The Kier molecular flexibility index (Phi) is 2.29. The maximum atomic E-state index is 10.5. The molecule has 0 heterocycles. The Balaban J connectivity index is 2.68. The normalized spacial score (nSPS) is 10.2. The Bertz CT molecular complexity index is 517. The van der Waals surface area contributed by atoms with Crippen molar-refractivity contribution in [3.05, 3.63) is 42.0 Å². The summed E-state index contributed by atoms with van der Waals surface area (Å²) < 4.78 is 4.77. The third-order valence-electron chi connectivity index (χ3n) is 2.27. The van der Waals surface area contributed by atoms with Gasteiger partial charge in [0.15, 0.2) is 0 Å². The standard InChI is InChI=1S/C12H10O3/c1-8-6-7-9-4-2-3-5-10(9)11(8)15-12(13)14/h2-7H,1H3,(H,13,14). The van der Waals surface area contributed by atoms with Crippen molar-refractivity contribution in [1.29, 1.82) is 0 Å². The van der Waals surface area contributed by atoms with Crippen molar-refractivity contribution in [2.24, 2.45) is 0 Å². The summed E-state index contributed by atoms with van der Waals surface area (Å²) in [4.78, 5) is 10.5. The molecular weight excluding hydrogens is 192 g/mol. The van der Waals surface area contributed by atoms with E-state index in [9.17, 15) is 4.79 Å². The van der Waals surface area contributed by atoms with E-state index in [4.69, 9.17) is 9.84 Å². The van der Waals surface area contributed by atoms with Crippen molar-refractivity contribution >= 4 is 16.9 Å². The highest BCUT2D eigenvalue weighted by Crippen LogP contribution is 2.29. The van der Waals surface area contributed by atoms with Gasteiger partial charge in [-0.25, -0.2) is 4.79 Å². The number of benzene rings is 2. The Labute approximate surface area is 86.9 Å². The maximum Gasteiger partial charge on any atom is 0.511 e. The van der Waals surface area contributed by atoms with E-state index in [1.54, 1.807) is 0 Å². The summed E-state index contributed by atoms with van der Waals surface area (Å²) >= 11 is 0. The van der Waals surface area contributed by atoms with Crippen LogP contribution in [0.2, 0.25) is 0 Å². The predicted molar refractivity (Wildman–Crippen MR) is 57.3 cm³/mol. The van der Waals surface area contributed by atoms with Crippen LogP contribution in [0.15, 0.2) is 36.4 Å². The van der Waals surface area contributed by atoms with Crippen LogP contribution < -0.4 is 4.74 Å². The molecule has 0 saturated heterocycles. The lowest BCUT2D eigenvalue weighted by molar-refractivity contribution is 0.144. The Morgan fingerprint density at radius 3 is 2.67 bits per heavy atom. The number of fused-ring (bicyclic) bond motifs is 1. The summed E-state index contributed by atoms with van der Waals surface area (Å²) in [5.74, 6) is 0.417. The molecule has 0 aliphatic carbocycles. The lowest BCUT2D eigenvalue weighted by Gasteiger charge is -2.07. The summed E-state index contributed by atoms with van der Waals surface area (Å²) in [5.41, 5.74) is 0.816. The van der Waals surface area contributed by atoms with Gasteiger partial charge in [-0.1, -0.05) is 36.4 Å². The van der Waals surface area contributed by atoms with Crippen LogP contribution in [0.4, 0.5) is 4.79 Å². The van der Waals surface area contributed by atoms with E-state index in [1.807, 2.05) is 43.3 Å². The molecule has 15 heavy (non-hydrogen) atoms. The molecule has 0 unspecified atom stereocenters. The quantitative estimate of drug-likeness (QED) is 0.570. The van der Waals surface area contributed by atoms with Crippen molar-refractivity contribution in [2.45, 2.75) is 6.92 Å². The molecule has 0 bridgehead atoms. The van der Waals surface area contributed by atoms with Gasteiger partial charge in [0.2, 0.25) is 0 Å². The molecule has 2 rings (SSSR count). The SMILES string of the molecule is Cc1ccc2ccccc2c1OC(=O)O. The molecule has 0 aliphatic rings. The minimum Gasteiger partial charge on any atom is -0.449 e. The van der Waals surface area contributed by atoms with Crippen molar-refractivity contribution < 1.29 is 14.6 Å². The number of aryl methyl sites for hydroxylation is 1. The number of ether oxygens (including phenoxy) is 1. The Morgan fingerprint density at radius 1 is 1.20 bits per heavy atom. The average Bonchev–Trinajstić information content (AvgIpc) is 2.22. The first-order valence-corrected chi connectivity index (χ1v) is 4.57. The van der Waals surface area contributed by atoms with Gasteiger partial charge in [0.1, 0.15) is 5.75 Å². The van der Waals surface area contributed by atoms with Gasteiger partial charge in [-0.2, -0.15) is 0 Å². The van der Waals surface area contributed by atoms with E-state index in [1.165, 1.54) is 0 Å². The molecule has 0 saturated carbocycles. The van der Waals surface area contributed by atoms with Crippen molar-refractivity contribution in [1.82, 2.24) is 0 Å². The van der Waals surface area contributed by atoms with Crippen molar-refractivity contribution in [3.8, 4) is 5.75 Å². The second-order valence-electron chi connectivity index (χ2n) is 3.30. The van der Waals surface area contributed by atoms with Crippen molar-refractivity contribution in [2.75, 3.05) is 0 Å². The van der Waals surface area contributed by atoms with Gasteiger partial charge in [-0.3, -0.25) is 0 Å². The molecule has 0 aliphatic heterocycles. The van der Waals surface area contributed by atoms with Crippen LogP contribution in [-0.4, -0.2) is 11.3 Å². The lowest BCUT2D eigenvalue weighted by atomic mass is 10.1. The van der Waals surface area contributed by atoms with Gasteiger partial charge in [0, 0.05) is 5.39 Å². The van der Waals surface area contributed by atoms with Crippen LogP contribution >= 0.6 is 0 Å². The van der Waals surface area contributed by atoms with Gasteiger partial charge in [-0.05, 0) is 17.9 Å². The van der Waals surface area contributed by atoms with E-state index < -0.39 is 6.16 Å². The molecular formula is C12H10O3. The van der Waals surface area contributed by atoms with Gasteiger partial charge in [-0.15, -0.1) is 0 Å². The smallest absolute Gasteiger partial charge is 0.449 e. The minimum atomic E-state index is -1.28. The fraction of sp³-hybridized carbons (Fsp3) is 0.0833. The molecule has 0 spiro atoms. The molecule has 0 radical (unpaired) electrons. The lowest BCUT2D eigenvalue weighted by Crippen LogP contribution is -2.04. The van der Waals surface area contributed by atoms with Crippen molar-refractivity contribution in [3.63, 3.8) is 0 Å². The first-order chi connectivity index (χ1) is 7.18. The van der Waals surface area contributed by atoms with E-state index in [0.29, 0.717) is 5.75 Å². The molecule has 1 N–H and O–H groups in total.